The number of hydrogen-bond acceptors (Lipinski definition) is 2. The average Bonchev–Trinajstić information content (AvgIpc) is 2.63. The summed E-state index contributed by atoms with van der Waals surface area (Å²) in [5, 5.41) is 0. The number of nitrogens with zero attached hydrogens (tertiary/aromatic N) is 1. The van der Waals surface area contributed by atoms with Crippen molar-refractivity contribution in [3.05, 3.63) is 0 Å². The van der Waals surface area contributed by atoms with Gasteiger partial charge in [-0.1, -0.05) is 20.3 Å². The Morgan fingerprint density at radius 1 is 1.06 bits per heavy atom. The zero-order valence-corrected chi connectivity index (χ0v) is 11.2. The first-order chi connectivity index (χ1) is 7.49. The fraction of sp³-hybridized carbons (Fsp3) is 1.00. The second-order valence-electron chi connectivity index (χ2n) is 6.72. The molecule has 16 heavy (non-hydrogen) atoms. The largest absolute Gasteiger partial charge is 0.326 e. The fourth-order valence-electron chi connectivity index (χ4n) is 3.54. The molecule has 2 nitrogen and oxygen atoms in total. The maximum atomic E-state index is 6.20. The van der Waals surface area contributed by atoms with Gasteiger partial charge in [-0.25, -0.2) is 0 Å². The predicted octanol–water partition coefficient (Wildman–Crippen LogP) is 2.77. The van der Waals surface area contributed by atoms with Crippen LogP contribution in [0.3, 0.4) is 0 Å². The van der Waals surface area contributed by atoms with E-state index in [1.165, 1.54) is 44.9 Å². The van der Waals surface area contributed by atoms with Crippen LogP contribution >= 0.6 is 0 Å². The Morgan fingerprint density at radius 3 is 2.19 bits per heavy atom. The maximum Gasteiger partial charge on any atom is 0.0247 e. The van der Waals surface area contributed by atoms with E-state index in [0.29, 0.717) is 17.5 Å². The third-order valence-electron chi connectivity index (χ3n) is 4.94. The lowest BCUT2D eigenvalue weighted by molar-refractivity contribution is 0.0906. The summed E-state index contributed by atoms with van der Waals surface area (Å²) in [6.07, 6.45) is 9.37. The lowest BCUT2D eigenvalue weighted by atomic mass is 9.75. The molecule has 0 amide bonds. The Labute approximate surface area is 101 Å². The molecule has 0 radical (unpaired) electrons. The summed E-state index contributed by atoms with van der Waals surface area (Å²) in [7, 11) is 2.30. The van der Waals surface area contributed by atoms with Crippen LogP contribution in [-0.2, 0) is 0 Å². The van der Waals surface area contributed by atoms with Crippen LogP contribution in [-0.4, -0.2) is 30.1 Å². The molecule has 0 bridgehead atoms. The van der Waals surface area contributed by atoms with E-state index in [9.17, 15) is 0 Å². The number of hydrogen-bond donors (Lipinski definition) is 1. The van der Waals surface area contributed by atoms with Gasteiger partial charge in [0.15, 0.2) is 0 Å². The van der Waals surface area contributed by atoms with Gasteiger partial charge in [0.1, 0.15) is 0 Å². The lowest BCUT2D eigenvalue weighted by Gasteiger charge is -2.42. The van der Waals surface area contributed by atoms with Crippen LogP contribution in [0.15, 0.2) is 0 Å². The number of likely N-dealkylation sites (N-methyl/N-ethyl adjacent to an activating group) is 1. The van der Waals surface area contributed by atoms with Gasteiger partial charge in [-0.2, -0.15) is 0 Å². The van der Waals surface area contributed by atoms with Gasteiger partial charge in [0, 0.05) is 18.1 Å². The topological polar surface area (TPSA) is 29.3 Å². The first-order valence-electron chi connectivity index (χ1n) is 6.97. The molecule has 0 aromatic rings. The lowest BCUT2D eigenvalue weighted by Crippen LogP contribution is -2.48. The second kappa shape index (κ2) is 4.66. The molecule has 0 aliphatic heterocycles. The van der Waals surface area contributed by atoms with E-state index in [1.54, 1.807) is 0 Å². The molecule has 0 aromatic heterocycles. The molecule has 2 rings (SSSR count). The minimum atomic E-state index is 0.430. The molecule has 0 aromatic carbocycles. The highest BCUT2D eigenvalue weighted by molar-refractivity contribution is 4.92. The van der Waals surface area contributed by atoms with Crippen LogP contribution in [0.4, 0.5) is 0 Å². The fourth-order valence-corrected chi connectivity index (χ4v) is 3.54. The molecule has 2 aliphatic rings. The Bertz CT molecular complexity index is 227. The number of nitrogens with two attached hydrogens (primary N) is 1. The van der Waals surface area contributed by atoms with Gasteiger partial charge >= 0.3 is 0 Å². The molecule has 2 heteroatoms. The molecule has 2 saturated carbocycles. The van der Waals surface area contributed by atoms with Crippen molar-refractivity contribution >= 4 is 0 Å². The maximum absolute atomic E-state index is 6.20. The molecular formula is C14H28N2. The smallest absolute Gasteiger partial charge is 0.0247 e. The average molecular weight is 224 g/mol. The van der Waals surface area contributed by atoms with E-state index in [4.69, 9.17) is 5.73 Å². The minimum absolute atomic E-state index is 0.430. The monoisotopic (exact) mass is 224 g/mol. The summed E-state index contributed by atoms with van der Waals surface area (Å²) in [5.41, 5.74) is 6.78. The van der Waals surface area contributed by atoms with Gasteiger partial charge < -0.3 is 5.73 Å². The predicted molar refractivity (Wildman–Crippen MR) is 69.4 cm³/mol. The quantitative estimate of drug-likeness (QED) is 0.781. The van der Waals surface area contributed by atoms with Crippen LogP contribution in [0, 0.1) is 5.41 Å². The van der Waals surface area contributed by atoms with Gasteiger partial charge in [-0.05, 0) is 51.0 Å². The first kappa shape index (κ1) is 12.4. The van der Waals surface area contributed by atoms with Crippen LogP contribution in [0.1, 0.15) is 58.8 Å². The van der Waals surface area contributed by atoms with E-state index >= 15 is 0 Å². The van der Waals surface area contributed by atoms with Gasteiger partial charge in [-0.3, -0.25) is 4.90 Å². The molecular weight excluding hydrogens is 196 g/mol. The third kappa shape index (κ3) is 2.60. The number of rotatable bonds is 2. The SMILES string of the molecule is CN(C1CCC(C)(C)CC1)C1CCCC1N. The third-order valence-corrected chi connectivity index (χ3v) is 4.94. The summed E-state index contributed by atoms with van der Waals surface area (Å²) in [4.78, 5) is 2.60. The van der Waals surface area contributed by atoms with E-state index in [-0.39, 0.29) is 0 Å². The summed E-state index contributed by atoms with van der Waals surface area (Å²) in [5.74, 6) is 0. The molecule has 0 saturated heterocycles. The van der Waals surface area contributed by atoms with Crippen molar-refractivity contribution in [2.24, 2.45) is 11.1 Å². The van der Waals surface area contributed by atoms with E-state index < -0.39 is 0 Å². The van der Waals surface area contributed by atoms with Gasteiger partial charge in [0.2, 0.25) is 0 Å². The zero-order valence-electron chi connectivity index (χ0n) is 11.2. The summed E-state index contributed by atoms with van der Waals surface area (Å²) >= 11 is 0. The highest BCUT2D eigenvalue weighted by Crippen LogP contribution is 2.38. The van der Waals surface area contributed by atoms with Crippen molar-refractivity contribution < 1.29 is 0 Å². The minimum Gasteiger partial charge on any atom is -0.326 e. The van der Waals surface area contributed by atoms with E-state index in [2.05, 4.69) is 25.8 Å². The highest BCUT2D eigenvalue weighted by atomic mass is 15.2. The molecule has 2 N–H and O–H groups in total. The summed E-state index contributed by atoms with van der Waals surface area (Å²) in [6, 6.07) is 1.88. The normalized spacial score (nSPS) is 35.8. The molecule has 0 heterocycles. The van der Waals surface area contributed by atoms with Crippen LogP contribution in [0.5, 0.6) is 0 Å². The highest BCUT2D eigenvalue weighted by Gasteiger charge is 2.34. The Kier molecular flexibility index (Phi) is 3.60. The molecule has 2 aliphatic carbocycles. The van der Waals surface area contributed by atoms with E-state index in [0.717, 1.165) is 6.04 Å². The molecule has 2 atom stereocenters. The Balaban J connectivity index is 1.88. The van der Waals surface area contributed by atoms with Crippen molar-refractivity contribution in [1.29, 1.82) is 0 Å². The second-order valence-corrected chi connectivity index (χ2v) is 6.72. The van der Waals surface area contributed by atoms with Crippen molar-refractivity contribution in [1.82, 2.24) is 4.90 Å². The molecule has 2 fully saturated rings. The van der Waals surface area contributed by atoms with Crippen LogP contribution in [0.25, 0.3) is 0 Å². The molecule has 94 valence electrons. The van der Waals surface area contributed by atoms with Crippen molar-refractivity contribution in [2.45, 2.75) is 76.9 Å². The van der Waals surface area contributed by atoms with E-state index in [1.807, 2.05) is 0 Å². The van der Waals surface area contributed by atoms with Crippen molar-refractivity contribution in [3.63, 3.8) is 0 Å². The first-order valence-corrected chi connectivity index (χ1v) is 6.97. The molecule has 2 unspecified atom stereocenters. The zero-order chi connectivity index (χ0) is 11.8. The summed E-state index contributed by atoms with van der Waals surface area (Å²) < 4.78 is 0. The van der Waals surface area contributed by atoms with Crippen molar-refractivity contribution in [3.8, 4) is 0 Å². The van der Waals surface area contributed by atoms with Crippen LogP contribution in [0.2, 0.25) is 0 Å². The standard InChI is InChI=1S/C14H28N2/c1-14(2)9-7-11(8-10-14)16(3)13-6-4-5-12(13)15/h11-13H,4-10,15H2,1-3H3. The van der Waals surface area contributed by atoms with Crippen LogP contribution < -0.4 is 5.73 Å². The van der Waals surface area contributed by atoms with Crippen molar-refractivity contribution in [2.75, 3.05) is 7.05 Å². The Hall–Kier alpha value is -0.0800. The Morgan fingerprint density at radius 2 is 1.69 bits per heavy atom. The van der Waals surface area contributed by atoms with Gasteiger partial charge in [0.25, 0.3) is 0 Å². The summed E-state index contributed by atoms with van der Waals surface area (Å²) in [6.45, 7) is 4.81. The van der Waals surface area contributed by atoms with Gasteiger partial charge in [0.05, 0.1) is 0 Å². The van der Waals surface area contributed by atoms with Gasteiger partial charge in [-0.15, -0.1) is 0 Å². The molecule has 0 spiro atoms.